The van der Waals surface area contributed by atoms with Crippen LogP contribution in [-0.2, 0) is 6.54 Å². The van der Waals surface area contributed by atoms with Gasteiger partial charge in [-0.05, 0) is 30.9 Å². The summed E-state index contributed by atoms with van der Waals surface area (Å²) in [6.45, 7) is 2.13. The first kappa shape index (κ1) is 17.1. The van der Waals surface area contributed by atoms with Crippen molar-refractivity contribution >= 4 is 5.91 Å². The Balaban J connectivity index is 1.84. The van der Waals surface area contributed by atoms with E-state index in [1.54, 1.807) is 24.4 Å². The molecule has 1 fully saturated rings. The SMILES string of the molecule is CC1CCCCC1NC(=O)c1c[nH]c(=O)n(Cc2ccccn2)c1=O. The highest BCUT2D eigenvalue weighted by Gasteiger charge is 2.24. The van der Waals surface area contributed by atoms with E-state index in [1.165, 1.54) is 12.6 Å². The molecule has 2 heterocycles. The molecule has 2 atom stereocenters. The number of pyridine rings is 1. The van der Waals surface area contributed by atoms with Crippen LogP contribution in [0, 0.1) is 5.92 Å². The molecule has 0 radical (unpaired) electrons. The highest BCUT2D eigenvalue weighted by molar-refractivity contribution is 5.93. The Morgan fingerprint density at radius 3 is 2.84 bits per heavy atom. The molecular formula is C18H22N4O3. The fraction of sp³-hybridized carbons (Fsp3) is 0.444. The van der Waals surface area contributed by atoms with Crippen LogP contribution in [0.3, 0.4) is 0 Å². The minimum Gasteiger partial charge on any atom is -0.349 e. The van der Waals surface area contributed by atoms with Crippen LogP contribution in [0.15, 0.2) is 40.2 Å². The smallest absolute Gasteiger partial charge is 0.328 e. The summed E-state index contributed by atoms with van der Waals surface area (Å²) in [6, 6.07) is 5.33. The fourth-order valence-electron chi connectivity index (χ4n) is 3.25. The van der Waals surface area contributed by atoms with Gasteiger partial charge in [-0.1, -0.05) is 25.8 Å². The number of nitrogens with zero attached hydrogens (tertiary/aromatic N) is 2. The molecule has 1 amide bonds. The standard InChI is InChI=1S/C18H22N4O3/c1-12-6-2-3-8-15(12)21-16(23)14-10-20-18(25)22(17(14)24)11-13-7-4-5-9-19-13/h4-5,7,9-10,12,15H,2-3,6,8,11H2,1H3,(H,20,25)(H,21,23). The Kier molecular flexibility index (Phi) is 5.11. The van der Waals surface area contributed by atoms with Crippen molar-refractivity contribution in [3.63, 3.8) is 0 Å². The van der Waals surface area contributed by atoms with Crippen molar-refractivity contribution in [2.45, 2.75) is 45.2 Å². The molecule has 2 aromatic heterocycles. The molecule has 132 valence electrons. The average molecular weight is 342 g/mol. The maximum atomic E-state index is 12.6. The molecule has 7 nitrogen and oxygen atoms in total. The number of carbonyl (C=O) groups excluding carboxylic acids is 1. The lowest BCUT2D eigenvalue weighted by Gasteiger charge is -2.29. The maximum Gasteiger partial charge on any atom is 0.328 e. The van der Waals surface area contributed by atoms with Crippen molar-refractivity contribution in [2.24, 2.45) is 5.92 Å². The van der Waals surface area contributed by atoms with Gasteiger partial charge in [-0.2, -0.15) is 0 Å². The first-order chi connectivity index (χ1) is 12.1. The number of aromatic nitrogens is 3. The summed E-state index contributed by atoms with van der Waals surface area (Å²) in [6.07, 6.45) is 7.02. The maximum absolute atomic E-state index is 12.6. The number of aromatic amines is 1. The van der Waals surface area contributed by atoms with E-state index in [-0.39, 0.29) is 18.2 Å². The minimum atomic E-state index is -0.602. The lowest BCUT2D eigenvalue weighted by atomic mass is 9.86. The predicted octanol–water partition coefficient (Wildman–Crippen LogP) is 1.29. The number of hydrogen-bond donors (Lipinski definition) is 2. The van der Waals surface area contributed by atoms with Gasteiger partial charge in [0.1, 0.15) is 5.56 Å². The highest BCUT2D eigenvalue weighted by atomic mass is 16.2. The van der Waals surface area contributed by atoms with Crippen LogP contribution in [0.2, 0.25) is 0 Å². The van der Waals surface area contributed by atoms with E-state index < -0.39 is 17.2 Å². The molecule has 0 bridgehead atoms. The summed E-state index contributed by atoms with van der Waals surface area (Å²) >= 11 is 0. The van der Waals surface area contributed by atoms with Crippen molar-refractivity contribution in [1.82, 2.24) is 19.9 Å². The lowest BCUT2D eigenvalue weighted by molar-refractivity contribution is 0.0907. The summed E-state index contributed by atoms with van der Waals surface area (Å²) in [5, 5.41) is 2.95. The molecular weight excluding hydrogens is 320 g/mol. The molecule has 2 unspecified atom stereocenters. The Morgan fingerprint density at radius 2 is 2.12 bits per heavy atom. The van der Waals surface area contributed by atoms with Gasteiger partial charge in [0, 0.05) is 18.4 Å². The molecule has 0 spiro atoms. The molecule has 3 rings (SSSR count). The normalized spacial score (nSPS) is 20.2. The van der Waals surface area contributed by atoms with Gasteiger partial charge in [0.2, 0.25) is 0 Å². The number of H-pyrrole nitrogens is 1. The Hall–Kier alpha value is -2.70. The van der Waals surface area contributed by atoms with Crippen LogP contribution in [0.25, 0.3) is 0 Å². The second-order valence-electron chi connectivity index (χ2n) is 6.56. The summed E-state index contributed by atoms with van der Waals surface area (Å²) in [5.41, 5.74) is -0.629. The lowest BCUT2D eigenvalue weighted by Crippen LogP contribution is -2.45. The molecule has 25 heavy (non-hydrogen) atoms. The average Bonchev–Trinajstić information content (AvgIpc) is 2.61. The summed E-state index contributed by atoms with van der Waals surface area (Å²) in [4.78, 5) is 43.8. The minimum absolute atomic E-state index is 0.0238. The molecule has 0 aliphatic heterocycles. The second-order valence-corrected chi connectivity index (χ2v) is 6.56. The van der Waals surface area contributed by atoms with E-state index in [2.05, 4.69) is 22.2 Å². The molecule has 7 heteroatoms. The fourth-order valence-corrected chi connectivity index (χ4v) is 3.25. The van der Waals surface area contributed by atoms with Gasteiger partial charge < -0.3 is 10.3 Å². The third kappa shape index (κ3) is 3.87. The van der Waals surface area contributed by atoms with Gasteiger partial charge in [0.15, 0.2) is 0 Å². The molecule has 2 N–H and O–H groups in total. The van der Waals surface area contributed by atoms with Gasteiger partial charge in [-0.3, -0.25) is 19.1 Å². The van der Waals surface area contributed by atoms with Crippen molar-refractivity contribution in [2.75, 3.05) is 0 Å². The zero-order chi connectivity index (χ0) is 17.8. The molecule has 1 aliphatic carbocycles. The number of hydrogen-bond acceptors (Lipinski definition) is 4. The van der Waals surface area contributed by atoms with Gasteiger partial charge in [0.05, 0.1) is 12.2 Å². The summed E-state index contributed by atoms with van der Waals surface area (Å²) < 4.78 is 1.00. The Morgan fingerprint density at radius 1 is 1.32 bits per heavy atom. The molecule has 2 aromatic rings. The van der Waals surface area contributed by atoms with Crippen LogP contribution in [0.1, 0.15) is 48.7 Å². The second kappa shape index (κ2) is 7.46. The van der Waals surface area contributed by atoms with E-state index >= 15 is 0 Å². The number of rotatable bonds is 4. The van der Waals surface area contributed by atoms with E-state index in [9.17, 15) is 14.4 Å². The topological polar surface area (TPSA) is 96.8 Å². The molecule has 0 saturated heterocycles. The third-order valence-electron chi connectivity index (χ3n) is 4.78. The van der Waals surface area contributed by atoms with E-state index in [0.717, 1.165) is 23.8 Å². The van der Waals surface area contributed by atoms with E-state index in [4.69, 9.17) is 0 Å². The zero-order valence-electron chi connectivity index (χ0n) is 14.2. The van der Waals surface area contributed by atoms with Crippen molar-refractivity contribution in [3.8, 4) is 0 Å². The monoisotopic (exact) mass is 342 g/mol. The Bertz CT molecular complexity index is 857. The quantitative estimate of drug-likeness (QED) is 0.875. The van der Waals surface area contributed by atoms with Crippen LogP contribution in [0.5, 0.6) is 0 Å². The van der Waals surface area contributed by atoms with Crippen LogP contribution >= 0.6 is 0 Å². The highest BCUT2D eigenvalue weighted by Crippen LogP contribution is 2.23. The largest absolute Gasteiger partial charge is 0.349 e. The number of carbonyl (C=O) groups is 1. The van der Waals surface area contributed by atoms with Gasteiger partial charge in [0.25, 0.3) is 11.5 Å². The van der Waals surface area contributed by atoms with E-state index in [1.807, 2.05) is 0 Å². The first-order valence-electron chi connectivity index (χ1n) is 8.59. The van der Waals surface area contributed by atoms with Crippen LogP contribution in [-0.4, -0.2) is 26.5 Å². The molecule has 1 aliphatic rings. The third-order valence-corrected chi connectivity index (χ3v) is 4.78. The molecule has 0 aromatic carbocycles. The van der Waals surface area contributed by atoms with Crippen LogP contribution in [0.4, 0.5) is 0 Å². The van der Waals surface area contributed by atoms with Crippen molar-refractivity contribution in [1.29, 1.82) is 0 Å². The van der Waals surface area contributed by atoms with Gasteiger partial charge >= 0.3 is 5.69 Å². The molecule has 1 saturated carbocycles. The van der Waals surface area contributed by atoms with Crippen LogP contribution < -0.4 is 16.6 Å². The first-order valence-corrected chi connectivity index (χ1v) is 8.59. The van der Waals surface area contributed by atoms with E-state index in [0.29, 0.717) is 11.6 Å². The van der Waals surface area contributed by atoms with Crippen molar-refractivity contribution in [3.05, 3.63) is 62.7 Å². The summed E-state index contributed by atoms with van der Waals surface area (Å²) in [5.74, 6) is -0.0500. The Labute approximate surface area is 145 Å². The van der Waals surface area contributed by atoms with Gasteiger partial charge in [-0.25, -0.2) is 4.79 Å². The number of nitrogens with one attached hydrogen (secondary N) is 2. The summed E-state index contributed by atoms with van der Waals surface area (Å²) in [7, 11) is 0. The zero-order valence-corrected chi connectivity index (χ0v) is 14.2. The predicted molar refractivity (Wildman–Crippen MR) is 93.5 cm³/mol. The van der Waals surface area contributed by atoms with Gasteiger partial charge in [-0.15, -0.1) is 0 Å². The van der Waals surface area contributed by atoms with Crippen molar-refractivity contribution < 1.29 is 4.79 Å². The number of amides is 1.